The first-order valence-electron chi connectivity index (χ1n) is 5.15. The number of carbonyl (C=O) groups excluding carboxylic acids is 1. The molecular weight excluding hydrogens is 257 g/mol. The fourth-order valence-corrected chi connectivity index (χ4v) is 1.07. The molecule has 0 bridgehead atoms. The van der Waals surface area contributed by atoms with Gasteiger partial charge in [-0.2, -0.15) is 13.2 Å². The average molecular weight is 272 g/mol. The van der Waals surface area contributed by atoms with Crippen LogP contribution in [0.4, 0.5) is 18.0 Å². The predicted molar refractivity (Wildman–Crippen MR) is 55.2 cm³/mol. The number of hydrogen-bond donors (Lipinski definition) is 2. The van der Waals surface area contributed by atoms with E-state index in [4.69, 9.17) is 9.84 Å². The van der Waals surface area contributed by atoms with Crippen molar-refractivity contribution in [3.8, 4) is 0 Å². The van der Waals surface area contributed by atoms with Crippen LogP contribution in [-0.2, 0) is 9.53 Å². The monoisotopic (exact) mass is 272 g/mol. The summed E-state index contributed by atoms with van der Waals surface area (Å²) in [5.41, 5.74) is 0. The van der Waals surface area contributed by atoms with Crippen LogP contribution in [0.1, 0.15) is 6.92 Å². The van der Waals surface area contributed by atoms with Crippen LogP contribution in [0.2, 0.25) is 0 Å². The summed E-state index contributed by atoms with van der Waals surface area (Å²) in [6.07, 6.45) is -4.65. The normalized spacial score (nSPS) is 11.1. The Kier molecular flexibility index (Phi) is 7.10. The van der Waals surface area contributed by atoms with Crippen molar-refractivity contribution >= 4 is 12.0 Å². The molecule has 0 aromatic rings. The van der Waals surface area contributed by atoms with Gasteiger partial charge >= 0.3 is 18.2 Å². The highest BCUT2D eigenvalue weighted by molar-refractivity contribution is 5.80. The third kappa shape index (κ3) is 8.62. The van der Waals surface area contributed by atoms with Gasteiger partial charge in [-0.3, -0.25) is 4.79 Å². The van der Waals surface area contributed by atoms with Crippen molar-refractivity contribution in [2.75, 3.05) is 32.8 Å². The number of aliphatic carboxylic acids is 1. The average Bonchev–Trinajstić information content (AvgIpc) is 2.20. The minimum atomic E-state index is -4.65. The number of nitrogens with one attached hydrogen (secondary N) is 1. The standard InChI is InChI=1S/C9H15F3N2O4/c1-2-18-4-3-13-8(17)14(5-7(15)16)6-9(10,11)12/h2-6H2,1H3,(H,13,17)(H,15,16). The number of nitrogens with zero attached hydrogens (tertiary/aromatic N) is 1. The highest BCUT2D eigenvalue weighted by Crippen LogP contribution is 2.16. The second kappa shape index (κ2) is 7.75. The molecule has 0 saturated heterocycles. The van der Waals surface area contributed by atoms with Crippen LogP contribution >= 0.6 is 0 Å². The molecule has 0 aliphatic heterocycles. The summed E-state index contributed by atoms with van der Waals surface area (Å²) in [7, 11) is 0. The Bertz CT molecular complexity index is 283. The molecule has 0 spiro atoms. The lowest BCUT2D eigenvalue weighted by Crippen LogP contribution is -2.47. The lowest BCUT2D eigenvalue weighted by molar-refractivity contribution is -0.148. The summed E-state index contributed by atoms with van der Waals surface area (Å²) < 4.78 is 41.2. The van der Waals surface area contributed by atoms with Gasteiger partial charge in [-0.25, -0.2) is 4.79 Å². The molecule has 6 nitrogen and oxygen atoms in total. The number of amides is 2. The fourth-order valence-electron chi connectivity index (χ4n) is 1.07. The fraction of sp³-hybridized carbons (Fsp3) is 0.778. The van der Waals surface area contributed by atoms with Crippen LogP contribution < -0.4 is 5.32 Å². The van der Waals surface area contributed by atoms with E-state index in [9.17, 15) is 22.8 Å². The lowest BCUT2D eigenvalue weighted by Gasteiger charge is -2.22. The topological polar surface area (TPSA) is 78.9 Å². The number of carboxylic acids is 1. The first-order valence-corrected chi connectivity index (χ1v) is 5.15. The summed E-state index contributed by atoms with van der Waals surface area (Å²) in [6, 6.07) is -1.09. The molecule has 0 rings (SSSR count). The zero-order valence-corrected chi connectivity index (χ0v) is 9.79. The number of carbonyl (C=O) groups is 2. The maximum atomic E-state index is 12.1. The molecule has 0 atom stereocenters. The molecule has 0 aromatic carbocycles. The molecular formula is C9H15F3N2O4. The maximum Gasteiger partial charge on any atom is 0.406 e. The number of rotatable bonds is 7. The molecule has 0 aromatic heterocycles. The quantitative estimate of drug-likeness (QED) is 0.668. The van der Waals surface area contributed by atoms with Crippen LogP contribution in [0.3, 0.4) is 0 Å². The van der Waals surface area contributed by atoms with E-state index in [0.717, 1.165) is 0 Å². The second-order valence-corrected chi connectivity index (χ2v) is 3.29. The Hall–Kier alpha value is -1.51. The molecule has 106 valence electrons. The first kappa shape index (κ1) is 16.5. The van der Waals surface area contributed by atoms with Gasteiger partial charge in [-0.1, -0.05) is 0 Å². The second-order valence-electron chi connectivity index (χ2n) is 3.29. The summed E-state index contributed by atoms with van der Waals surface area (Å²) in [5, 5.41) is 10.6. The molecule has 9 heteroatoms. The van der Waals surface area contributed by atoms with E-state index in [1.807, 2.05) is 0 Å². The number of hydrogen-bond acceptors (Lipinski definition) is 3. The van der Waals surface area contributed by atoms with Gasteiger partial charge in [0, 0.05) is 13.2 Å². The van der Waals surface area contributed by atoms with E-state index in [0.29, 0.717) is 6.61 Å². The van der Waals surface area contributed by atoms with Gasteiger partial charge in [-0.15, -0.1) is 0 Å². The zero-order valence-electron chi connectivity index (χ0n) is 9.79. The van der Waals surface area contributed by atoms with E-state index < -0.39 is 31.3 Å². The van der Waals surface area contributed by atoms with Crippen LogP contribution in [-0.4, -0.2) is 61.0 Å². The van der Waals surface area contributed by atoms with Gasteiger partial charge < -0.3 is 20.1 Å². The summed E-state index contributed by atoms with van der Waals surface area (Å²) in [5.74, 6) is -1.51. The molecule has 0 fully saturated rings. The van der Waals surface area contributed by atoms with Crippen molar-refractivity contribution in [3.63, 3.8) is 0 Å². The van der Waals surface area contributed by atoms with Crippen LogP contribution in [0.5, 0.6) is 0 Å². The van der Waals surface area contributed by atoms with Crippen molar-refractivity contribution < 1.29 is 32.6 Å². The molecule has 0 aliphatic carbocycles. The summed E-state index contributed by atoms with van der Waals surface area (Å²) in [4.78, 5) is 21.9. The van der Waals surface area contributed by atoms with E-state index in [1.54, 1.807) is 6.92 Å². The van der Waals surface area contributed by atoms with Crippen LogP contribution in [0.15, 0.2) is 0 Å². The van der Waals surface area contributed by atoms with E-state index >= 15 is 0 Å². The van der Waals surface area contributed by atoms with Gasteiger partial charge in [0.05, 0.1) is 6.61 Å². The molecule has 0 radical (unpaired) electrons. The van der Waals surface area contributed by atoms with Gasteiger partial charge in [0.15, 0.2) is 0 Å². The lowest BCUT2D eigenvalue weighted by atomic mass is 10.4. The van der Waals surface area contributed by atoms with Gasteiger partial charge in [0.1, 0.15) is 13.1 Å². The van der Waals surface area contributed by atoms with Crippen LogP contribution in [0.25, 0.3) is 0 Å². The molecule has 0 heterocycles. The Morgan fingerprint density at radius 2 is 2.00 bits per heavy atom. The van der Waals surface area contributed by atoms with Gasteiger partial charge in [0.2, 0.25) is 0 Å². The Labute approximate surface area is 102 Å². The van der Waals surface area contributed by atoms with Gasteiger partial charge in [0.25, 0.3) is 0 Å². The SMILES string of the molecule is CCOCCNC(=O)N(CC(=O)O)CC(F)(F)F. The van der Waals surface area contributed by atoms with Crippen LogP contribution in [0, 0.1) is 0 Å². The van der Waals surface area contributed by atoms with E-state index in [1.165, 1.54) is 0 Å². The number of urea groups is 1. The predicted octanol–water partition coefficient (Wildman–Crippen LogP) is 0.681. The Balaban J connectivity index is 4.27. The minimum Gasteiger partial charge on any atom is -0.480 e. The molecule has 0 unspecified atom stereocenters. The highest BCUT2D eigenvalue weighted by Gasteiger charge is 2.33. The molecule has 2 amide bonds. The van der Waals surface area contributed by atoms with E-state index in [-0.39, 0.29) is 18.1 Å². The molecule has 2 N–H and O–H groups in total. The number of alkyl halides is 3. The Morgan fingerprint density at radius 1 is 1.39 bits per heavy atom. The minimum absolute atomic E-state index is 0.0145. The largest absolute Gasteiger partial charge is 0.480 e. The van der Waals surface area contributed by atoms with Crippen molar-refractivity contribution in [1.82, 2.24) is 10.2 Å². The van der Waals surface area contributed by atoms with Crippen molar-refractivity contribution in [2.45, 2.75) is 13.1 Å². The number of carboxylic acid groups (broad SMARTS) is 1. The van der Waals surface area contributed by atoms with Crippen molar-refractivity contribution in [3.05, 3.63) is 0 Å². The van der Waals surface area contributed by atoms with Crippen molar-refractivity contribution in [2.24, 2.45) is 0 Å². The highest BCUT2D eigenvalue weighted by atomic mass is 19.4. The molecule has 18 heavy (non-hydrogen) atoms. The van der Waals surface area contributed by atoms with Crippen molar-refractivity contribution in [1.29, 1.82) is 0 Å². The third-order valence-electron chi connectivity index (χ3n) is 1.71. The smallest absolute Gasteiger partial charge is 0.406 e. The number of halogens is 3. The maximum absolute atomic E-state index is 12.1. The summed E-state index contributed by atoms with van der Waals surface area (Å²) in [6.45, 7) is -0.324. The summed E-state index contributed by atoms with van der Waals surface area (Å²) >= 11 is 0. The zero-order chi connectivity index (χ0) is 14.2. The Morgan fingerprint density at radius 3 is 2.44 bits per heavy atom. The van der Waals surface area contributed by atoms with E-state index in [2.05, 4.69) is 5.32 Å². The van der Waals surface area contributed by atoms with Gasteiger partial charge in [-0.05, 0) is 6.92 Å². The molecule has 0 aliphatic rings. The third-order valence-corrected chi connectivity index (χ3v) is 1.71. The number of ether oxygens (including phenoxy) is 1. The first-order chi connectivity index (χ1) is 8.26. The molecule has 0 saturated carbocycles.